The summed E-state index contributed by atoms with van der Waals surface area (Å²) in [6.07, 6.45) is 1.18. The van der Waals surface area contributed by atoms with Gasteiger partial charge in [0, 0.05) is 18.3 Å². The van der Waals surface area contributed by atoms with Crippen LogP contribution in [0.1, 0.15) is 20.3 Å². The standard InChI is InChI=1S/C10H16O3/c1-4-8-5(2)10-7(12-8)3-6(11)9(4)13-10/h4-11H,3H2,1-2H3/t4-,5+,6-,7-,8+,9+,10-/m1/s1. The summed E-state index contributed by atoms with van der Waals surface area (Å²) in [7, 11) is 0. The fourth-order valence-electron chi connectivity index (χ4n) is 3.24. The highest BCUT2D eigenvalue weighted by atomic mass is 16.6. The maximum atomic E-state index is 9.77. The van der Waals surface area contributed by atoms with E-state index < -0.39 is 0 Å². The maximum absolute atomic E-state index is 9.77. The summed E-state index contributed by atoms with van der Waals surface area (Å²) in [5, 5.41) is 9.77. The summed E-state index contributed by atoms with van der Waals surface area (Å²) < 4.78 is 11.7. The van der Waals surface area contributed by atoms with Crippen molar-refractivity contribution >= 4 is 0 Å². The van der Waals surface area contributed by atoms with Gasteiger partial charge in [-0.3, -0.25) is 0 Å². The van der Waals surface area contributed by atoms with Gasteiger partial charge in [0.05, 0.1) is 30.5 Å². The molecule has 0 unspecified atom stereocenters. The average molecular weight is 184 g/mol. The van der Waals surface area contributed by atoms with Gasteiger partial charge in [0.25, 0.3) is 0 Å². The molecule has 0 aromatic carbocycles. The lowest BCUT2D eigenvalue weighted by Crippen LogP contribution is -2.53. The van der Waals surface area contributed by atoms with Gasteiger partial charge < -0.3 is 14.6 Å². The fourth-order valence-corrected chi connectivity index (χ4v) is 3.24. The number of aliphatic hydroxyl groups excluding tert-OH is 1. The minimum absolute atomic E-state index is 0.0185. The van der Waals surface area contributed by atoms with Gasteiger partial charge in [0.2, 0.25) is 0 Å². The quantitative estimate of drug-likeness (QED) is 0.598. The summed E-state index contributed by atoms with van der Waals surface area (Å²) in [5.41, 5.74) is 0. The van der Waals surface area contributed by atoms with E-state index in [2.05, 4.69) is 13.8 Å². The first-order valence-corrected chi connectivity index (χ1v) is 5.17. The molecule has 3 aliphatic heterocycles. The van der Waals surface area contributed by atoms with Gasteiger partial charge in [-0.1, -0.05) is 13.8 Å². The number of hydrogen-bond acceptors (Lipinski definition) is 3. The molecule has 74 valence electrons. The van der Waals surface area contributed by atoms with Crippen LogP contribution in [0.4, 0.5) is 0 Å². The van der Waals surface area contributed by atoms with Crippen molar-refractivity contribution in [1.82, 2.24) is 0 Å². The van der Waals surface area contributed by atoms with Crippen molar-refractivity contribution in [3.05, 3.63) is 0 Å². The van der Waals surface area contributed by atoms with Crippen molar-refractivity contribution in [2.75, 3.05) is 0 Å². The van der Waals surface area contributed by atoms with E-state index in [9.17, 15) is 5.11 Å². The van der Waals surface area contributed by atoms with Gasteiger partial charge >= 0.3 is 0 Å². The van der Waals surface area contributed by atoms with E-state index in [1.54, 1.807) is 0 Å². The molecular formula is C10H16O3. The zero-order valence-corrected chi connectivity index (χ0v) is 8.01. The Morgan fingerprint density at radius 3 is 2.46 bits per heavy atom. The fraction of sp³-hybridized carbons (Fsp3) is 1.00. The number of rotatable bonds is 0. The molecule has 0 amide bonds. The van der Waals surface area contributed by atoms with Crippen molar-refractivity contribution in [1.29, 1.82) is 0 Å². The Hall–Kier alpha value is -0.120. The third-order valence-electron chi connectivity index (χ3n) is 3.94. The van der Waals surface area contributed by atoms with Crippen molar-refractivity contribution < 1.29 is 14.6 Å². The monoisotopic (exact) mass is 184 g/mol. The van der Waals surface area contributed by atoms with E-state index in [0.717, 1.165) is 6.42 Å². The van der Waals surface area contributed by atoms with Gasteiger partial charge in [-0.15, -0.1) is 0 Å². The molecule has 3 heterocycles. The minimum Gasteiger partial charge on any atom is -0.390 e. The van der Waals surface area contributed by atoms with Crippen LogP contribution in [0, 0.1) is 11.8 Å². The second-order valence-electron chi connectivity index (χ2n) is 4.73. The van der Waals surface area contributed by atoms with Crippen LogP contribution >= 0.6 is 0 Å². The highest BCUT2D eigenvalue weighted by Gasteiger charge is 2.57. The molecule has 3 bridgehead atoms. The Morgan fingerprint density at radius 1 is 1.00 bits per heavy atom. The lowest BCUT2D eigenvalue weighted by Gasteiger charge is -2.42. The van der Waals surface area contributed by atoms with E-state index >= 15 is 0 Å². The third-order valence-corrected chi connectivity index (χ3v) is 3.94. The molecule has 0 spiro atoms. The van der Waals surface area contributed by atoms with Crippen molar-refractivity contribution in [2.24, 2.45) is 11.8 Å². The molecule has 13 heavy (non-hydrogen) atoms. The van der Waals surface area contributed by atoms with E-state index in [4.69, 9.17) is 9.47 Å². The zero-order chi connectivity index (χ0) is 9.16. The highest BCUT2D eigenvalue weighted by molar-refractivity contribution is 5.04. The predicted octanol–water partition coefficient (Wildman–Crippen LogP) is 0.558. The Bertz CT molecular complexity index is 228. The molecule has 7 atom stereocenters. The first kappa shape index (κ1) is 8.21. The summed E-state index contributed by atoms with van der Waals surface area (Å²) >= 11 is 0. The molecule has 1 N–H and O–H groups in total. The van der Waals surface area contributed by atoms with Crippen molar-refractivity contribution in [3.63, 3.8) is 0 Å². The first-order valence-electron chi connectivity index (χ1n) is 5.17. The van der Waals surface area contributed by atoms with Crippen LogP contribution in [0.15, 0.2) is 0 Å². The van der Waals surface area contributed by atoms with Gasteiger partial charge in [-0.25, -0.2) is 0 Å². The van der Waals surface area contributed by atoms with Crippen molar-refractivity contribution in [3.8, 4) is 0 Å². The molecule has 3 aliphatic rings. The van der Waals surface area contributed by atoms with E-state index in [0.29, 0.717) is 17.9 Å². The van der Waals surface area contributed by atoms with Gasteiger partial charge in [0.15, 0.2) is 0 Å². The molecule has 3 saturated heterocycles. The molecule has 0 aromatic heterocycles. The average Bonchev–Trinajstić information content (AvgIpc) is 2.25. The number of aliphatic hydroxyl groups is 1. The van der Waals surface area contributed by atoms with Crippen LogP contribution in [-0.2, 0) is 9.47 Å². The Balaban J connectivity index is 1.97. The van der Waals surface area contributed by atoms with E-state index in [-0.39, 0.29) is 24.4 Å². The summed E-state index contributed by atoms with van der Waals surface area (Å²) in [4.78, 5) is 0. The normalized spacial score (nSPS) is 64.4. The van der Waals surface area contributed by atoms with Crippen LogP contribution in [0.25, 0.3) is 0 Å². The molecule has 3 nitrogen and oxygen atoms in total. The number of fused-ring (bicyclic) bond motifs is 2. The van der Waals surface area contributed by atoms with Gasteiger partial charge in [-0.2, -0.15) is 0 Å². The second-order valence-corrected chi connectivity index (χ2v) is 4.73. The maximum Gasteiger partial charge on any atom is 0.0893 e. The highest BCUT2D eigenvalue weighted by Crippen LogP contribution is 2.47. The van der Waals surface area contributed by atoms with Gasteiger partial charge in [-0.05, 0) is 0 Å². The smallest absolute Gasteiger partial charge is 0.0893 e. The van der Waals surface area contributed by atoms with Crippen LogP contribution in [0.3, 0.4) is 0 Å². The lowest BCUT2D eigenvalue weighted by atomic mass is 9.77. The Kier molecular flexibility index (Phi) is 1.56. The topological polar surface area (TPSA) is 38.7 Å². The van der Waals surface area contributed by atoms with Crippen molar-refractivity contribution in [2.45, 2.75) is 50.8 Å². The summed E-state index contributed by atoms with van der Waals surface area (Å²) in [6.45, 7) is 4.32. The largest absolute Gasteiger partial charge is 0.390 e. The van der Waals surface area contributed by atoms with Crippen LogP contribution < -0.4 is 0 Å². The van der Waals surface area contributed by atoms with Crippen LogP contribution in [-0.4, -0.2) is 35.6 Å². The minimum atomic E-state index is -0.311. The molecule has 0 aliphatic carbocycles. The SMILES string of the molecule is C[C@@H]1[C@@H]2O[C@@H]3C[C@@H](O)[C@H]1O[C@@H]3[C@H]2C. The molecular weight excluding hydrogens is 168 g/mol. The molecule has 0 aromatic rings. The molecule has 3 fully saturated rings. The van der Waals surface area contributed by atoms with Gasteiger partial charge in [0.1, 0.15) is 0 Å². The number of hydrogen-bond donors (Lipinski definition) is 1. The Labute approximate surface area is 78.0 Å². The Morgan fingerprint density at radius 2 is 1.69 bits per heavy atom. The molecule has 3 heteroatoms. The second kappa shape index (κ2) is 2.47. The molecule has 0 radical (unpaired) electrons. The lowest BCUT2D eigenvalue weighted by molar-refractivity contribution is -0.169. The summed E-state index contributed by atoms with van der Waals surface area (Å²) in [6, 6.07) is 0. The molecule has 0 saturated carbocycles. The predicted molar refractivity (Wildman–Crippen MR) is 46.3 cm³/mol. The molecule has 3 rings (SSSR count). The summed E-state index contributed by atoms with van der Waals surface area (Å²) in [5.74, 6) is 0.845. The zero-order valence-electron chi connectivity index (χ0n) is 8.01. The first-order chi connectivity index (χ1) is 6.18. The number of ether oxygens (including phenoxy) is 2. The third kappa shape index (κ3) is 0.901. The van der Waals surface area contributed by atoms with Crippen LogP contribution in [0.2, 0.25) is 0 Å². The van der Waals surface area contributed by atoms with Crippen LogP contribution in [0.5, 0.6) is 0 Å². The van der Waals surface area contributed by atoms with E-state index in [1.807, 2.05) is 0 Å². The van der Waals surface area contributed by atoms with E-state index in [1.165, 1.54) is 0 Å².